The minimum absolute atomic E-state index is 0.414. The van der Waals surface area contributed by atoms with Gasteiger partial charge in [-0.3, -0.25) is 4.79 Å². The molecule has 3 rings (SSSR count). The van der Waals surface area contributed by atoms with Crippen LogP contribution in [0.25, 0.3) is 0 Å². The number of hydrogen-bond acceptors (Lipinski definition) is 3. The van der Waals surface area contributed by atoms with Gasteiger partial charge in [0.25, 0.3) is 0 Å². The first-order valence-corrected chi connectivity index (χ1v) is 7.55. The molecule has 4 nitrogen and oxygen atoms in total. The van der Waals surface area contributed by atoms with Crippen LogP contribution in [0.3, 0.4) is 0 Å². The third kappa shape index (κ3) is 3.24. The zero-order valence-electron chi connectivity index (χ0n) is 12.1. The lowest BCUT2D eigenvalue weighted by Gasteiger charge is -2.10. The number of halogens is 1. The fourth-order valence-electron chi connectivity index (χ4n) is 2.65. The monoisotopic (exact) mass is 316 g/mol. The third-order valence-electron chi connectivity index (χ3n) is 3.68. The molecule has 0 aliphatic carbocycles. The van der Waals surface area contributed by atoms with Gasteiger partial charge in [0, 0.05) is 35.7 Å². The highest BCUT2D eigenvalue weighted by atomic mass is 35.5. The zero-order valence-corrected chi connectivity index (χ0v) is 12.8. The average Bonchev–Trinajstić information content (AvgIpc) is 2.95. The standard InChI is InChI=1S/C17H17ClN2O2/c18-15-7-12-4-5-22-16(12)14(8-15)10-20-9-11-2-1-3-13(6-11)17(19)21/h1-3,6-8,20H,4-5,9-10H2,(H2,19,21). The molecule has 0 aromatic heterocycles. The van der Waals surface area contributed by atoms with Gasteiger partial charge in [-0.1, -0.05) is 23.7 Å². The quantitative estimate of drug-likeness (QED) is 0.891. The minimum atomic E-state index is -0.414. The molecule has 1 aliphatic heterocycles. The van der Waals surface area contributed by atoms with Gasteiger partial charge in [0.05, 0.1) is 6.61 Å². The third-order valence-corrected chi connectivity index (χ3v) is 3.90. The van der Waals surface area contributed by atoms with Crippen molar-refractivity contribution in [2.24, 2.45) is 5.73 Å². The Labute approximate surface area is 134 Å². The van der Waals surface area contributed by atoms with Crippen LogP contribution >= 0.6 is 11.6 Å². The van der Waals surface area contributed by atoms with Crippen molar-refractivity contribution >= 4 is 17.5 Å². The highest BCUT2D eigenvalue weighted by Gasteiger charge is 2.17. The molecule has 1 amide bonds. The summed E-state index contributed by atoms with van der Waals surface area (Å²) in [6.45, 7) is 2.01. The highest BCUT2D eigenvalue weighted by molar-refractivity contribution is 6.30. The lowest BCUT2D eigenvalue weighted by Crippen LogP contribution is -2.15. The van der Waals surface area contributed by atoms with E-state index in [0.717, 1.165) is 28.3 Å². The number of fused-ring (bicyclic) bond motifs is 1. The van der Waals surface area contributed by atoms with Gasteiger partial charge in [-0.2, -0.15) is 0 Å². The fraction of sp³-hybridized carbons (Fsp3) is 0.235. The Kier molecular flexibility index (Phi) is 4.32. The van der Waals surface area contributed by atoms with Crippen LogP contribution in [0, 0.1) is 0 Å². The van der Waals surface area contributed by atoms with Gasteiger partial charge in [0.1, 0.15) is 5.75 Å². The van der Waals surface area contributed by atoms with Crippen molar-refractivity contribution in [3.8, 4) is 5.75 Å². The molecule has 2 aromatic carbocycles. The minimum Gasteiger partial charge on any atom is -0.493 e. The van der Waals surface area contributed by atoms with Gasteiger partial charge in [-0.05, 0) is 35.4 Å². The topological polar surface area (TPSA) is 64.4 Å². The summed E-state index contributed by atoms with van der Waals surface area (Å²) >= 11 is 6.15. The molecule has 0 saturated heterocycles. The first kappa shape index (κ1) is 14.9. The number of ether oxygens (including phenoxy) is 1. The maximum atomic E-state index is 11.2. The second-order valence-corrected chi connectivity index (χ2v) is 5.76. The van der Waals surface area contributed by atoms with Crippen molar-refractivity contribution in [3.05, 3.63) is 63.7 Å². The van der Waals surface area contributed by atoms with Crippen LogP contribution < -0.4 is 15.8 Å². The van der Waals surface area contributed by atoms with Crippen LogP contribution in [-0.2, 0) is 19.5 Å². The number of rotatable bonds is 5. The Morgan fingerprint density at radius 2 is 2.14 bits per heavy atom. The van der Waals surface area contributed by atoms with E-state index in [-0.39, 0.29) is 0 Å². The molecule has 2 aromatic rings. The molecule has 0 bridgehead atoms. The Morgan fingerprint density at radius 3 is 2.95 bits per heavy atom. The van der Waals surface area contributed by atoms with E-state index in [1.165, 1.54) is 5.56 Å². The Balaban J connectivity index is 1.67. The summed E-state index contributed by atoms with van der Waals surface area (Å²) in [6, 6.07) is 11.2. The smallest absolute Gasteiger partial charge is 0.248 e. The van der Waals surface area contributed by atoms with Crippen LogP contribution in [0.1, 0.15) is 27.0 Å². The Hall–Kier alpha value is -2.04. The summed E-state index contributed by atoms with van der Waals surface area (Å²) in [6.07, 6.45) is 0.906. The second-order valence-electron chi connectivity index (χ2n) is 5.32. The van der Waals surface area contributed by atoms with E-state index in [1.807, 2.05) is 24.3 Å². The number of amides is 1. The number of primary amides is 1. The number of carbonyl (C=O) groups excluding carboxylic acids is 1. The van der Waals surface area contributed by atoms with E-state index in [0.29, 0.717) is 25.3 Å². The number of nitrogens with two attached hydrogens (primary N) is 1. The summed E-state index contributed by atoms with van der Waals surface area (Å²) in [5.74, 6) is 0.533. The zero-order chi connectivity index (χ0) is 15.5. The van der Waals surface area contributed by atoms with E-state index < -0.39 is 5.91 Å². The molecule has 0 unspecified atom stereocenters. The molecule has 0 atom stereocenters. The number of carbonyl (C=O) groups is 1. The van der Waals surface area contributed by atoms with Crippen LogP contribution in [0.5, 0.6) is 5.75 Å². The summed E-state index contributed by atoms with van der Waals surface area (Å²) in [7, 11) is 0. The lowest BCUT2D eigenvalue weighted by molar-refractivity contribution is 0.1000. The van der Waals surface area contributed by atoms with Crippen LogP contribution in [0.15, 0.2) is 36.4 Å². The van der Waals surface area contributed by atoms with E-state index >= 15 is 0 Å². The lowest BCUT2D eigenvalue weighted by atomic mass is 10.1. The van der Waals surface area contributed by atoms with Gasteiger partial charge in [0.2, 0.25) is 5.91 Å². The van der Waals surface area contributed by atoms with Gasteiger partial charge in [-0.15, -0.1) is 0 Å². The Morgan fingerprint density at radius 1 is 1.27 bits per heavy atom. The summed E-state index contributed by atoms with van der Waals surface area (Å²) in [4.78, 5) is 11.2. The van der Waals surface area contributed by atoms with Crippen molar-refractivity contribution in [2.45, 2.75) is 19.5 Å². The molecule has 0 fully saturated rings. The molecule has 114 valence electrons. The maximum Gasteiger partial charge on any atom is 0.248 e. The van der Waals surface area contributed by atoms with Crippen LogP contribution in [0.2, 0.25) is 5.02 Å². The predicted octanol–water partition coefficient (Wildman–Crippen LogP) is 2.66. The van der Waals surface area contributed by atoms with Gasteiger partial charge < -0.3 is 15.8 Å². The van der Waals surface area contributed by atoms with Crippen molar-refractivity contribution in [1.82, 2.24) is 5.32 Å². The molecular formula is C17H17ClN2O2. The van der Waals surface area contributed by atoms with E-state index in [4.69, 9.17) is 22.1 Å². The largest absolute Gasteiger partial charge is 0.493 e. The molecular weight excluding hydrogens is 300 g/mol. The number of hydrogen-bond donors (Lipinski definition) is 2. The normalized spacial score (nSPS) is 12.8. The first-order valence-electron chi connectivity index (χ1n) is 7.17. The fourth-order valence-corrected chi connectivity index (χ4v) is 2.92. The van der Waals surface area contributed by atoms with Crippen molar-refractivity contribution in [1.29, 1.82) is 0 Å². The number of nitrogens with one attached hydrogen (secondary N) is 1. The summed E-state index contributed by atoms with van der Waals surface area (Å²) in [5, 5.41) is 4.08. The second kappa shape index (κ2) is 6.38. The van der Waals surface area contributed by atoms with E-state index in [1.54, 1.807) is 12.1 Å². The van der Waals surface area contributed by atoms with Crippen molar-refractivity contribution in [3.63, 3.8) is 0 Å². The van der Waals surface area contributed by atoms with Crippen LogP contribution in [-0.4, -0.2) is 12.5 Å². The molecule has 5 heteroatoms. The summed E-state index contributed by atoms with van der Waals surface area (Å²) in [5.41, 5.74) is 9.05. The summed E-state index contributed by atoms with van der Waals surface area (Å²) < 4.78 is 5.68. The van der Waals surface area contributed by atoms with Crippen LogP contribution in [0.4, 0.5) is 0 Å². The van der Waals surface area contributed by atoms with Crippen molar-refractivity contribution < 1.29 is 9.53 Å². The Bertz CT molecular complexity index is 716. The van der Waals surface area contributed by atoms with Gasteiger partial charge in [0.15, 0.2) is 0 Å². The van der Waals surface area contributed by atoms with E-state index in [2.05, 4.69) is 5.32 Å². The molecule has 22 heavy (non-hydrogen) atoms. The van der Waals surface area contributed by atoms with E-state index in [9.17, 15) is 4.79 Å². The molecule has 1 aliphatic rings. The van der Waals surface area contributed by atoms with Gasteiger partial charge in [-0.25, -0.2) is 0 Å². The SMILES string of the molecule is NC(=O)c1cccc(CNCc2cc(Cl)cc3c2OCC3)c1. The highest BCUT2D eigenvalue weighted by Crippen LogP contribution is 2.32. The molecule has 1 heterocycles. The molecule has 0 radical (unpaired) electrons. The molecule has 0 spiro atoms. The predicted molar refractivity (Wildman–Crippen MR) is 86.2 cm³/mol. The van der Waals surface area contributed by atoms with Gasteiger partial charge >= 0.3 is 0 Å². The average molecular weight is 317 g/mol. The van der Waals surface area contributed by atoms with Crippen molar-refractivity contribution in [2.75, 3.05) is 6.61 Å². The molecule has 0 saturated carbocycles. The molecule has 3 N–H and O–H groups in total. The first-order chi connectivity index (χ1) is 10.6. The maximum absolute atomic E-state index is 11.2. The number of benzene rings is 2.